The molecule has 1 aliphatic heterocycles. The van der Waals surface area contributed by atoms with Gasteiger partial charge in [-0.15, -0.1) is 11.8 Å². The Bertz CT molecular complexity index is 1180. The SMILES string of the molecule is O=C(O)C1CSC(c2ccc3cc(Oc4ccc(F)cc4[N+](=O)[O-])ccc3n2)=N1. The van der Waals surface area contributed by atoms with Crippen molar-refractivity contribution < 1.29 is 24.0 Å². The minimum atomic E-state index is -0.968. The van der Waals surface area contributed by atoms with Crippen molar-refractivity contribution in [1.29, 1.82) is 0 Å². The molecule has 1 unspecified atom stereocenters. The molecule has 0 radical (unpaired) electrons. The van der Waals surface area contributed by atoms with Gasteiger partial charge in [-0.2, -0.15) is 0 Å². The third-order valence-corrected chi connectivity index (χ3v) is 5.23. The second kappa shape index (κ2) is 7.47. The van der Waals surface area contributed by atoms with Crippen LogP contribution >= 0.6 is 11.8 Å². The number of hydrogen-bond acceptors (Lipinski definition) is 7. The van der Waals surface area contributed by atoms with Crippen molar-refractivity contribution in [1.82, 2.24) is 4.98 Å². The Kier molecular flexibility index (Phi) is 4.85. The number of nitro benzene ring substituents is 1. The lowest BCUT2D eigenvalue weighted by Gasteiger charge is -2.08. The molecule has 2 aromatic carbocycles. The van der Waals surface area contributed by atoms with Crippen molar-refractivity contribution in [2.24, 2.45) is 4.99 Å². The van der Waals surface area contributed by atoms with Crippen LogP contribution in [0.15, 0.2) is 53.5 Å². The van der Waals surface area contributed by atoms with Crippen molar-refractivity contribution >= 4 is 39.4 Å². The first kappa shape index (κ1) is 18.8. The fraction of sp³-hybridized carbons (Fsp3) is 0.105. The second-order valence-electron chi connectivity index (χ2n) is 6.12. The van der Waals surface area contributed by atoms with Gasteiger partial charge in [0, 0.05) is 11.1 Å². The molecule has 0 saturated heterocycles. The Labute approximate surface area is 167 Å². The predicted molar refractivity (Wildman–Crippen MR) is 105 cm³/mol. The minimum absolute atomic E-state index is 0.0725. The summed E-state index contributed by atoms with van der Waals surface area (Å²) in [5, 5.41) is 21.4. The van der Waals surface area contributed by atoms with E-state index in [1.165, 1.54) is 17.8 Å². The lowest BCUT2D eigenvalue weighted by molar-refractivity contribution is -0.385. The van der Waals surface area contributed by atoms with Crippen molar-refractivity contribution in [2.45, 2.75) is 6.04 Å². The molecule has 29 heavy (non-hydrogen) atoms. The minimum Gasteiger partial charge on any atom is -0.480 e. The summed E-state index contributed by atoms with van der Waals surface area (Å²) in [6, 6.07) is 10.7. The Morgan fingerprint density at radius 3 is 2.79 bits per heavy atom. The standard InChI is InChI=1S/C19H12FN3O5S/c20-11-2-6-17(16(8-11)23(26)27)28-12-3-5-13-10(7-12)1-4-14(21-13)18-22-15(9-29-18)19(24)25/h1-8,15H,9H2,(H,24,25). The van der Waals surface area contributed by atoms with Crippen LogP contribution in [0.1, 0.15) is 5.69 Å². The van der Waals surface area contributed by atoms with E-state index in [1.54, 1.807) is 30.3 Å². The van der Waals surface area contributed by atoms with E-state index in [1.807, 2.05) is 0 Å². The van der Waals surface area contributed by atoms with Gasteiger partial charge in [0.05, 0.1) is 22.2 Å². The molecule has 1 atom stereocenters. The maximum atomic E-state index is 13.3. The highest BCUT2D eigenvalue weighted by Crippen LogP contribution is 2.33. The number of hydrogen-bond donors (Lipinski definition) is 1. The van der Waals surface area contributed by atoms with Crippen LogP contribution < -0.4 is 4.74 Å². The van der Waals surface area contributed by atoms with Gasteiger partial charge in [0.1, 0.15) is 16.6 Å². The molecule has 1 N–H and O–H groups in total. The number of carboxylic acids is 1. The molecule has 1 aliphatic rings. The molecule has 4 rings (SSSR count). The van der Waals surface area contributed by atoms with Crippen LogP contribution in [-0.2, 0) is 4.79 Å². The number of carboxylic acid groups (broad SMARTS) is 1. The number of fused-ring (bicyclic) bond motifs is 1. The maximum absolute atomic E-state index is 13.3. The summed E-state index contributed by atoms with van der Waals surface area (Å²) in [5.74, 6) is -1.06. The number of nitrogens with zero attached hydrogens (tertiary/aromatic N) is 3. The zero-order chi connectivity index (χ0) is 20.5. The predicted octanol–water partition coefficient (Wildman–Crippen LogP) is 4.02. The topological polar surface area (TPSA) is 115 Å². The summed E-state index contributed by atoms with van der Waals surface area (Å²) in [6.45, 7) is 0. The maximum Gasteiger partial charge on any atom is 0.329 e. The highest BCUT2D eigenvalue weighted by molar-refractivity contribution is 8.14. The van der Waals surface area contributed by atoms with Crippen molar-refractivity contribution in [2.75, 3.05) is 5.75 Å². The fourth-order valence-corrected chi connectivity index (χ4v) is 3.77. The number of aliphatic imine (C=N–C) groups is 1. The van der Waals surface area contributed by atoms with Crippen LogP contribution in [0.25, 0.3) is 10.9 Å². The van der Waals surface area contributed by atoms with Crippen LogP contribution in [0.2, 0.25) is 0 Å². The van der Waals surface area contributed by atoms with E-state index in [2.05, 4.69) is 9.98 Å². The Morgan fingerprint density at radius 2 is 2.07 bits per heavy atom. The van der Waals surface area contributed by atoms with Crippen LogP contribution in [-0.4, -0.2) is 37.8 Å². The number of aromatic nitrogens is 1. The summed E-state index contributed by atoms with van der Waals surface area (Å²) >= 11 is 1.34. The Balaban J connectivity index is 1.62. The number of thioether (sulfide) groups is 1. The lowest BCUT2D eigenvalue weighted by Crippen LogP contribution is -2.17. The number of benzene rings is 2. The third kappa shape index (κ3) is 3.87. The van der Waals surface area contributed by atoms with Gasteiger partial charge in [0.15, 0.2) is 6.04 Å². The van der Waals surface area contributed by atoms with Gasteiger partial charge in [-0.25, -0.2) is 14.2 Å². The second-order valence-corrected chi connectivity index (χ2v) is 7.13. The number of carbonyl (C=O) groups is 1. The van der Waals surface area contributed by atoms with Gasteiger partial charge in [0.2, 0.25) is 5.75 Å². The van der Waals surface area contributed by atoms with Gasteiger partial charge in [-0.3, -0.25) is 15.1 Å². The average molecular weight is 413 g/mol. The zero-order valence-corrected chi connectivity index (χ0v) is 15.4. The fourth-order valence-electron chi connectivity index (χ4n) is 2.77. The van der Waals surface area contributed by atoms with Gasteiger partial charge >= 0.3 is 11.7 Å². The zero-order valence-electron chi connectivity index (χ0n) is 14.6. The first-order valence-corrected chi connectivity index (χ1v) is 9.35. The van der Waals surface area contributed by atoms with E-state index >= 15 is 0 Å². The summed E-state index contributed by atoms with van der Waals surface area (Å²) < 4.78 is 18.9. The number of pyridine rings is 1. The highest BCUT2D eigenvalue weighted by Gasteiger charge is 2.26. The molecule has 0 bridgehead atoms. The van der Waals surface area contributed by atoms with Crippen LogP contribution in [0.4, 0.5) is 10.1 Å². The molecule has 10 heteroatoms. The molecule has 0 aliphatic carbocycles. The molecule has 0 saturated carbocycles. The highest BCUT2D eigenvalue weighted by atomic mass is 32.2. The summed E-state index contributed by atoms with van der Waals surface area (Å²) in [5.41, 5.74) is 0.738. The van der Waals surface area contributed by atoms with E-state index in [0.717, 1.165) is 17.5 Å². The van der Waals surface area contributed by atoms with Crippen LogP contribution in [0.3, 0.4) is 0 Å². The summed E-state index contributed by atoms with van der Waals surface area (Å²) in [6.07, 6.45) is 0. The molecule has 0 fully saturated rings. The monoisotopic (exact) mass is 413 g/mol. The van der Waals surface area contributed by atoms with Crippen LogP contribution in [0, 0.1) is 15.9 Å². The molecule has 1 aromatic heterocycles. The first-order valence-electron chi connectivity index (χ1n) is 8.37. The quantitative estimate of drug-likeness (QED) is 0.496. The van der Waals surface area contributed by atoms with Crippen molar-refractivity contribution in [3.63, 3.8) is 0 Å². The van der Waals surface area contributed by atoms with E-state index in [-0.39, 0.29) is 5.75 Å². The molecule has 3 aromatic rings. The smallest absolute Gasteiger partial charge is 0.329 e. The molecule has 2 heterocycles. The summed E-state index contributed by atoms with van der Waals surface area (Å²) in [7, 11) is 0. The molecule has 8 nitrogen and oxygen atoms in total. The lowest BCUT2D eigenvalue weighted by atomic mass is 10.2. The molecule has 146 valence electrons. The third-order valence-electron chi connectivity index (χ3n) is 4.16. The largest absolute Gasteiger partial charge is 0.480 e. The molecular formula is C19H12FN3O5S. The van der Waals surface area contributed by atoms with Crippen LogP contribution in [0.5, 0.6) is 11.5 Å². The average Bonchev–Trinajstić information content (AvgIpc) is 3.19. The van der Waals surface area contributed by atoms with Gasteiger partial charge in [-0.1, -0.05) is 6.07 Å². The van der Waals surface area contributed by atoms with Gasteiger partial charge < -0.3 is 9.84 Å². The number of ether oxygens (including phenoxy) is 1. The molecular weight excluding hydrogens is 401 g/mol. The summed E-state index contributed by atoms with van der Waals surface area (Å²) in [4.78, 5) is 30.1. The van der Waals surface area contributed by atoms with Crippen molar-refractivity contribution in [3.8, 4) is 11.5 Å². The molecule has 0 amide bonds. The van der Waals surface area contributed by atoms with E-state index in [0.29, 0.717) is 27.8 Å². The number of rotatable bonds is 5. The van der Waals surface area contributed by atoms with Gasteiger partial charge in [-0.05, 0) is 36.4 Å². The Hall–Kier alpha value is -3.53. The Morgan fingerprint density at radius 1 is 1.24 bits per heavy atom. The van der Waals surface area contributed by atoms with E-state index < -0.39 is 28.4 Å². The number of halogens is 1. The molecule has 0 spiro atoms. The van der Waals surface area contributed by atoms with Gasteiger partial charge in [0.25, 0.3) is 0 Å². The van der Waals surface area contributed by atoms with E-state index in [9.17, 15) is 19.3 Å². The normalized spacial score (nSPS) is 15.9. The van der Waals surface area contributed by atoms with Crippen molar-refractivity contribution in [3.05, 3.63) is 70.2 Å². The van der Waals surface area contributed by atoms with E-state index in [4.69, 9.17) is 9.84 Å². The number of aliphatic carboxylic acids is 1. The number of nitro groups is 1. The first-order chi connectivity index (χ1) is 13.9.